The van der Waals surface area contributed by atoms with Gasteiger partial charge in [-0.1, -0.05) is 55.4 Å². The molecule has 1 nitrogen and oxygen atoms in total. The minimum atomic E-state index is 0.248. The first-order valence-electron chi connectivity index (χ1n) is 10.3. The summed E-state index contributed by atoms with van der Waals surface area (Å²) in [5.74, 6) is 1.53. The Morgan fingerprint density at radius 3 is 1.67 bits per heavy atom. The van der Waals surface area contributed by atoms with Crippen molar-refractivity contribution >= 4 is 0 Å². The summed E-state index contributed by atoms with van der Waals surface area (Å²) in [5, 5.41) is 0. The lowest BCUT2D eigenvalue weighted by Gasteiger charge is -2.54. The minimum absolute atomic E-state index is 0.248. The van der Waals surface area contributed by atoms with Crippen LogP contribution in [0, 0.1) is 28.1 Å². The highest BCUT2D eigenvalue weighted by atomic mass is 15.2. The van der Waals surface area contributed by atoms with E-state index >= 15 is 0 Å². The second kappa shape index (κ2) is 6.93. The number of hydrogen-bond acceptors (Lipinski definition) is 1. The molecule has 1 unspecified atom stereocenters. The molecule has 1 aliphatic heterocycles. The summed E-state index contributed by atoms with van der Waals surface area (Å²) in [6.45, 7) is 30.8. The zero-order valence-corrected chi connectivity index (χ0v) is 19.0. The highest BCUT2D eigenvalue weighted by Gasteiger charge is 2.45. The third kappa shape index (κ3) is 5.48. The molecule has 144 valence electrons. The molecule has 0 spiro atoms. The molecule has 0 bridgehead atoms. The summed E-state index contributed by atoms with van der Waals surface area (Å²) in [6, 6.07) is 0.596. The summed E-state index contributed by atoms with van der Waals surface area (Å²) in [4.78, 5) is 2.78. The molecule has 1 atom stereocenters. The van der Waals surface area contributed by atoms with E-state index in [1.165, 1.54) is 25.8 Å². The normalized spacial score (nSPS) is 30.5. The van der Waals surface area contributed by atoms with E-state index in [0.717, 1.165) is 11.8 Å². The van der Waals surface area contributed by atoms with E-state index in [1.807, 2.05) is 0 Å². The van der Waals surface area contributed by atoms with Crippen LogP contribution in [0.2, 0.25) is 0 Å². The molecule has 1 saturated heterocycles. The zero-order valence-electron chi connectivity index (χ0n) is 19.0. The fourth-order valence-electron chi connectivity index (χ4n) is 6.33. The van der Waals surface area contributed by atoms with Crippen molar-refractivity contribution in [3.8, 4) is 0 Å². The molecule has 0 aromatic rings. The van der Waals surface area contributed by atoms with Gasteiger partial charge < -0.3 is 0 Å². The largest absolute Gasteiger partial charge is 0.295 e. The van der Waals surface area contributed by atoms with E-state index in [4.69, 9.17) is 0 Å². The smallest absolute Gasteiger partial charge is 0.0161 e. The van der Waals surface area contributed by atoms with Crippen LogP contribution < -0.4 is 0 Å². The summed E-state index contributed by atoms with van der Waals surface area (Å²) in [6.07, 6.45) is 3.91. The highest BCUT2D eigenvalue weighted by molar-refractivity contribution is 4.97. The van der Waals surface area contributed by atoms with Gasteiger partial charge in [-0.3, -0.25) is 4.90 Å². The van der Waals surface area contributed by atoms with Gasteiger partial charge in [-0.25, -0.2) is 0 Å². The van der Waals surface area contributed by atoms with Gasteiger partial charge in [-0.15, -0.1) is 0 Å². The quantitative estimate of drug-likeness (QED) is 0.524. The molecule has 0 aromatic heterocycles. The monoisotopic (exact) mass is 337 g/mol. The molecule has 0 radical (unpaired) electrons. The standard InChI is InChI=1S/C23H47N/c1-17(2)19-13-20(5,6)15-23(11,12)24(18(3)4)16-21(7,8)14-22(19,9)10/h17-19H,13-16H2,1-12H3. The molecule has 1 fully saturated rings. The molecule has 0 aliphatic carbocycles. The summed E-state index contributed by atoms with van der Waals surface area (Å²) < 4.78 is 0. The molecule has 24 heavy (non-hydrogen) atoms. The molecule has 1 rings (SSSR count). The Labute approximate surface area is 154 Å². The molecule has 0 aromatic carbocycles. The highest BCUT2D eigenvalue weighted by Crippen LogP contribution is 2.51. The van der Waals surface area contributed by atoms with Crippen LogP contribution in [0.15, 0.2) is 0 Å². The Kier molecular flexibility index (Phi) is 6.36. The average molecular weight is 338 g/mol. The maximum atomic E-state index is 2.78. The molecule has 1 heteroatoms. The van der Waals surface area contributed by atoms with Crippen molar-refractivity contribution in [3.63, 3.8) is 0 Å². The Hall–Kier alpha value is -0.0400. The van der Waals surface area contributed by atoms with Crippen LogP contribution >= 0.6 is 0 Å². The van der Waals surface area contributed by atoms with Crippen LogP contribution in [0.4, 0.5) is 0 Å². The van der Waals surface area contributed by atoms with Crippen molar-refractivity contribution in [1.29, 1.82) is 0 Å². The Bertz CT molecular complexity index is 372. The van der Waals surface area contributed by atoms with Gasteiger partial charge in [0.05, 0.1) is 0 Å². The van der Waals surface area contributed by atoms with Gasteiger partial charge in [0.25, 0.3) is 0 Å². The van der Waals surface area contributed by atoms with Crippen molar-refractivity contribution in [2.75, 3.05) is 6.54 Å². The number of hydrogen-bond donors (Lipinski definition) is 0. The molecule has 0 amide bonds. The number of nitrogens with zero attached hydrogens (tertiary/aromatic N) is 1. The second-order valence-electron chi connectivity index (χ2n) is 12.3. The topological polar surface area (TPSA) is 3.24 Å². The van der Waals surface area contributed by atoms with Gasteiger partial charge >= 0.3 is 0 Å². The Balaban J connectivity index is 3.35. The van der Waals surface area contributed by atoms with Gasteiger partial charge in [-0.05, 0) is 75.0 Å². The minimum Gasteiger partial charge on any atom is -0.295 e. The number of rotatable bonds is 2. The van der Waals surface area contributed by atoms with Crippen LogP contribution in [-0.2, 0) is 0 Å². The lowest BCUT2D eigenvalue weighted by Crippen LogP contribution is -2.55. The fraction of sp³-hybridized carbons (Fsp3) is 1.00. The van der Waals surface area contributed by atoms with E-state index in [2.05, 4.69) is 88.0 Å². The Morgan fingerprint density at radius 1 is 0.750 bits per heavy atom. The van der Waals surface area contributed by atoms with E-state index in [0.29, 0.717) is 22.3 Å². The van der Waals surface area contributed by atoms with Crippen molar-refractivity contribution in [2.45, 2.75) is 114 Å². The lowest BCUT2D eigenvalue weighted by molar-refractivity contribution is -0.0392. The van der Waals surface area contributed by atoms with Crippen molar-refractivity contribution in [1.82, 2.24) is 4.90 Å². The summed E-state index contributed by atoms with van der Waals surface area (Å²) in [5.41, 5.74) is 1.36. The van der Waals surface area contributed by atoms with Gasteiger partial charge in [0.1, 0.15) is 0 Å². The maximum Gasteiger partial charge on any atom is 0.0161 e. The van der Waals surface area contributed by atoms with Gasteiger partial charge in [-0.2, -0.15) is 0 Å². The zero-order chi connectivity index (χ0) is 19.1. The first-order chi connectivity index (χ1) is 10.5. The SMILES string of the molecule is CC(C)C1CC(C)(C)CC(C)(C)N(C(C)C)CC(C)(C)CC1(C)C. The van der Waals surface area contributed by atoms with Gasteiger partial charge in [0, 0.05) is 18.1 Å². The van der Waals surface area contributed by atoms with Crippen molar-refractivity contribution in [2.24, 2.45) is 28.1 Å². The molecule has 0 N–H and O–H groups in total. The van der Waals surface area contributed by atoms with Crippen LogP contribution in [0.25, 0.3) is 0 Å². The molecular weight excluding hydrogens is 290 g/mol. The van der Waals surface area contributed by atoms with Crippen molar-refractivity contribution < 1.29 is 0 Å². The van der Waals surface area contributed by atoms with Crippen LogP contribution in [0.1, 0.15) is 102 Å². The predicted molar refractivity (Wildman–Crippen MR) is 109 cm³/mol. The van der Waals surface area contributed by atoms with E-state index in [9.17, 15) is 0 Å². The average Bonchev–Trinajstić information content (AvgIpc) is 2.28. The summed E-state index contributed by atoms with van der Waals surface area (Å²) >= 11 is 0. The van der Waals surface area contributed by atoms with E-state index in [1.54, 1.807) is 0 Å². The van der Waals surface area contributed by atoms with Gasteiger partial charge in [0.15, 0.2) is 0 Å². The molecule has 1 heterocycles. The third-order valence-corrected chi connectivity index (χ3v) is 6.43. The van der Waals surface area contributed by atoms with Crippen molar-refractivity contribution in [3.05, 3.63) is 0 Å². The lowest BCUT2D eigenvalue weighted by atomic mass is 9.59. The van der Waals surface area contributed by atoms with Crippen LogP contribution in [0.3, 0.4) is 0 Å². The van der Waals surface area contributed by atoms with Gasteiger partial charge in [0.2, 0.25) is 0 Å². The first-order valence-corrected chi connectivity index (χ1v) is 10.3. The van der Waals surface area contributed by atoms with Crippen LogP contribution in [-0.4, -0.2) is 23.0 Å². The third-order valence-electron chi connectivity index (χ3n) is 6.43. The predicted octanol–water partition coefficient (Wildman–Crippen LogP) is 7.01. The fourth-order valence-corrected chi connectivity index (χ4v) is 6.33. The second-order valence-corrected chi connectivity index (χ2v) is 12.3. The molecule has 0 saturated carbocycles. The molecule has 1 aliphatic rings. The summed E-state index contributed by atoms with van der Waals surface area (Å²) in [7, 11) is 0. The van der Waals surface area contributed by atoms with E-state index in [-0.39, 0.29) is 5.54 Å². The maximum absolute atomic E-state index is 2.78. The van der Waals surface area contributed by atoms with Crippen LogP contribution in [0.5, 0.6) is 0 Å². The molecular formula is C23H47N. The van der Waals surface area contributed by atoms with E-state index < -0.39 is 0 Å². The Morgan fingerprint density at radius 2 is 1.25 bits per heavy atom. The first kappa shape index (κ1) is 22.0.